The number of allylic oxidation sites excluding steroid dienone is 1. The van der Waals surface area contributed by atoms with Gasteiger partial charge in [-0.2, -0.15) is 0 Å². The molecule has 0 amide bonds. The molecule has 0 aliphatic carbocycles. The fourth-order valence-electron chi connectivity index (χ4n) is 1.86. The Labute approximate surface area is 104 Å². The maximum Gasteiger partial charge on any atom is 0.0627 e. The van der Waals surface area contributed by atoms with E-state index in [1.165, 1.54) is 5.57 Å². The monoisotopic (exact) mass is 278 g/mol. The van der Waals surface area contributed by atoms with Gasteiger partial charge in [0.15, 0.2) is 0 Å². The fraction of sp³-hybridized carbons (Fsp3) is 0.308. The highest BCUT2D eigenvalue weighted by Crippen LogP contribution is 2.30. The molecule has 0 saturated carbocycles. The number of halogens is 1. The number of hydrogen-bond donors (Lipinski definition) is 1. The van der Waals surface area contributed by atoms with E-state index in [4.69, 9.17) is 5.73 Å². The van der Waals surface area contributed by atoms with Crippen molar-refractivity contribution in [2.45, 2.75) is 19.4 Å². The molecule has 1 heterocycles. The molecular formula is C13H15BrN2. The molecule has 2 rings (SSSR count). The zero-order valence-electron chi connectivity index (χ0n) is 9.50. The first kappa shape index (κ1) is 11.6. The molecule has 0 aromatic heterocycles. The molecule has 0 fully saturated rings. The van der Waals surface area contributed by atoms with Crippen molar-refractivity contribution >= 4 is 21.6 Å². The summed E-state index contributed by atoms with van der Waals surface area (Å²) in [5.41, 5.74) is 9.31. The first-order chi connectivity index (χ1) is 7.50. The summed E-state index contributed by atoms with van der Waals surface area (Å²) >= 11 is 3.47. The number of nitrogens with zero attached hydrogens (tertiary/aromatic N) is 1. The summed E-state index contributed by atoms with van der Waals surface area (Å²) in [5.74, 6) is 0. The topological polar surface area (TPSA) is 38.4 Å². The van der Waals surface area contributed by atoms with Crippen molar-refractivity contribution < 1.29 is 0 Å². The summed E-state index contributed by atoms with van der Waals surface area (Å²) in [6.07, 6.45) is 2.08. The molecule has 0 spiro atoms. The summed E-state index contributed by atoms with van der Waals surface area (Å²) in [5, 5.41) is 0. The predicted octanol–water partition coefficient (Wildman–Crippen LogP) is 3.02. The minimum absolute atomic E-state index is 0.439. The third kappa shape index (κ3) is 2.11. The predicted molar refractivity (Wildman–Crippen MR) is 71.7 cm³/mol. The van der Waals surface area contributed by atoms with E-state index in [0.717, 1.165) is 15.7 Å². The lowest BCUT2D eigenvalue weighted by atomic mass is 9.85. The molecule has 0 bridgehead atoms. The average molecular weight is 279 g/mol. The zero-order valence-corrected chi connectivity index (χ0v) is 11.1. The Bertz CT molecular complexity index is 473. The Kier molecular flexibility index (Phi) is 3.00. The summed E-state index contributed by atoms with van der Waals surface area (Å²) in [6, 6.07) is 8.13. The second-order valence-corrected chi connectivity index (χ2v) is 5.26. The lowest BCUT2D eigenvalue weighted by Gasteiger charge is -2.26. The smallest absolute Gasteiger partial charge is 0.0627 e. The van der Waals surface area contributed by atoms with Crippen LogP contribution in [0.3, 0.4) is 0 Å². The average Bonchev–Trinajstić information content (AvgIpc) is 2.65. The molecule has 0 radical (unpaired) electrons. The lowest BCUT2D eigenvalue weighted by Crippen LogP contribution is -2.36. The quantitative estimate of drug-likeness (QED) is 0.887. The molecule has 16 heavy (non-hydrogen) atoms. The van der Waals surface area contributed by atoms with Crippen LogP contribution < -0.4 is 5.73 Å². The van der Waals surface area contributed by atoms with Gasteiger partial charge in [0.05, 0.1) is 12.1 Å². The standard InChI is InChI=1S/C13H15BrN2/c1-9-6-11(8-16-9)13(2,15)10-4-3-5-12(14)7-10/h3-7H,8,15H2,1-2H3. The van der Waals surface area contributed by atoms with Crippen LogP contribution in [0, 0.1) is 0 Å². The maximum atomic E-state index is 6.41. The third-order valence-corrected chi connectivity index (χ3v) is 3.47. The van der Waals surface area contributed by atoms with E-state index in [1.54, 1.807) is 0 Å². The first-order valence-corrected chi connectivity index (χ1v) is 6.06. The third-order valence-electron chi connectivity index (χ3n) is 2.97. The van der Waals surface area contributed by atoms with Crippen LogP contribution in [0.1, 0.15) is 19.4 Å². The van der Waals surface area contributed by atoms with Gasteiger partial charge in [-0.05, 0) is 43.2 Å². The Morgan fingerprint density at radius 1 is 1.44 bits per heavy atom. The Morgan fingerprint density at radius 3 is 2.75 bits per heavy atom. The van der Waals surface area contributed by atoms with E-state index in [0.29, 0.717) is 6.54 Å². The van der Waals surface area contributed by atoms with E-state index in [9.17, 15) is 0 Å². The minimum atomic E-state index is -0.439. The number of hydrogen-bond acceptors (Lipinski definition) is 2. The number of aliphatic imine (C=N–C) groups is 1. The van der Waals surface area contributed by atoms with E-state index >= 15 is 0 Å². The molecule has 1 unspecified atom stereocenters. The van der Waals surface area contributed by atoms with Gasteiger partial charge in [0.2, 0.25) is 0 Å². The molecular weight excluding hydrogens is 264 g/mol. The van der Waals surface area contributed by atoms with Crippen molar-refractivity contribution in [3.8, 4) is 0 Å². The van der Waals surface area contributed by atoms with Gasteiger partial charge in [0, 0.05) is 10.2 Å². The summed E-state index contributed by atoms with van der Waals surface area (Å²) in [7, 11) is 0. The van der Waals surface area contributed by atoms with Crippen LogP contribution in [0.15, 0.2) is 45.4 Å². The van der Waals surface area contributed by atoms with Crippen LogP contribution in [0.5, 0.6) is 0 Å². The molecule has 1 aliphatic heterocycles. The lowest BCUT2D eigenvalue weighted by molar-refractivity contribution is 0.580. The van der Waals surface area contributed by atoms with Crippen molar-refractivity contribution in [3.63, 3.8) is 0 Å². The second kappa shape index (κ2) is 4.15. The van der Waals surface area contributed by atoms with Crippen molar-refractivity contribution in [3.05, 3.63) is 46.0 Å². The maximum absolute atomic E-state index is 6.41. The summed E-state index contributed by atoms with van der Waals surface area (Å²) < 4.78 is 1.05. The van der Waals surface area contributed by atoms with Gasteiger partial charge in [0.1, 0.15) is 0 Å². The van der Waals surface area contributed by atoms with Gasteiger partial charge in [-0.3, -0.25) is 4.99 Å². The Morgan fingerprint density at radius 2 is 2.19 bits per heavy atom. The van der Waals surface area contributed by atoms with E-state index in [2.05, 4.69) is 39.1 Å². The largest absolute Gasteiger partial charge is 0.318 e. The highest BCUT2D eigenvalue weighted by molar-refractivity contribution is 9.10. The van der Waals surface area contributed by atoms with E-state index in [1.807, 2.05) is 26.0 Å². The normalized spacial score (nSPS) is 19.0. The fourth-order valence-corrected chi connectivity index (χ4v) is 2.26. The minimum Gasteiger partial charge on any atom is -0.318 e. The summed E-state index contributed by atoms with van der Waals surface area (Å²) in [6.45, 7) is 4.75. The van der Waals surface area contributed by atoms with Gasteiger partial charge in [-0.1, -0.05) is 28.1 Å². The van der Waals surface area contributed by atoms with Crippen LogP contribution in [-0.2, 0) is 5.54 Å². The Hall–Kier alpha value is -0.930. The summed E-state index contributed by atoms with van der Waals surface area (Å²) in [4.78, 5) is 4.36. The molecule has 1 aromatic rings. The van der Waals surface area contributed by atoms with Gasteiger partial charge in [-0.15, -0.1) is 0 Å². The molecule has 1 aliphatic rings. The zero-order chi connectivity index (χ0) is 11.8. The SMILES string of the molecule is CC1=NCC(C(C)(N)c2cccc(Br)c2)=C1. The Balaban J connectivity index is 2.36. The highest BCUT2D eigenvalue weighted by atomic mass is 79.9. The molecule has 0 saturated heterocycles. The van der Waals surface area contributed by atoms with Crippen LogP contribution in [0.4, 0.5) is 0 Å². The van der Waals surface area contributed by atoms with E-state index < -0.39 is 5.54 Å². The van der Waals surface area contributed by atoms with E-state index in [-0.39, 0.29) is 0 Å². The highest BCUT2D eigenvalue weighted by Gasteiger charge is 2.27. The first-order valence-electron chi connectivity index (χ1n) is 5.27. The van der Waals surface area contributed by atoms with Gasteiger partial charge < -0.3 is 5.73 Å². The molecule has 1 aromatic carbocycles. The van der Waals surface area contributed by atoms with Crippen molar-refractivity contribution in [2.24, 2.45) is 10.7 Å². The number of benzene rings is 1. The van der Waals surface area contributed by atoms with Crippen molar-refractivity contribution in [1.29, 1.82) is 0 Å². The molecule has 2 nitrogen and oxygen atoms in total. The van der Waals surface area contributed by atoms with Crippen LogP contribution in [0.25, 0.3) is 0 Å². The van der Waals surface area contributed by atoms with Gasteiger partial charge in [-0.25, -0.2) is 0 Å². The van der Waals surface area contributed by atoms with Crippen LogP contribution in [0.2, 0.25) is 0 Å². The van der Waals surface area contributed by atoms with Crippen LogP contribution in [-0.4, -0.2) is 12.3 Å². The molecule has 2 N–H and O–H groups in total. The molecule has 1 atom stereocenters. The molecule has 3 heteroatoms. The number of nitrogens with two attached hydrogens (primary N) is 1. The van der Waals surface area contributed by atoms with Gasteiger partial charge >= 0.3 is 0 Å². The van der Waals surface area contributed by atoms with Crippen molar-refractivity contribution in [2.75, 3.05) is 6.54 Å². The van der Waals surface area contributed by atoms with Gasteiger partial charge in [0.25, 0.3) is 0 Å². The van der Waals surface area contributed by atoms with Crippen LogP contribution >= 0.6 is 15.9 Å². The number of rotatable bonds is 2. The second-order valence-electron chi connectivity index (χ2n) is 4.34. The molecule has 84 valence electrons. The van der Waals surface area contributed by atoms with Crippen molar-refractivity contribution in [1.82, 2.24) is 0 Å².